The predicted octanol–water partition coefficient (Wildman–Crippen LogP) is 1.66. The van der Waals surface area contributed by atoms with Crippen molar-refractivity contribution < 1.29 is 9.47 Å². The summed E-state index contributed by atoms with van der Waals surface area (Å²) in [7, 11) is 0. The third-order valence-corrected chi connectivity index (χ3v) is 3.39. The molecule has 2 fully saturated rings. The van der Waals surface area contributed by atoms with E-state index in [-0.39, 0.29) is 5.79 Å². The lowest BCUT2D eigenvalue weighted by atomic mass is 9.82. The second-order valence-electron chi connectivity index (χ2n) is 4.76. The lowest BCUT2D eigenvalue weighted by Gasteiger charge is -2.35. The maximum atomic E-state index is 5.81. The summed E-state index contributed by atoms with van der Waals surface area (Å²) in [4.78, 5) is 0. The Hall–Kier alpha value is -0.120. The molecule has 1 aliphatic carbocycles. The number of rotatable bonds is 2. The van der Waals surface area contributed by atoms with E-state index in [9.17, 15) is 0 Å². The topological polar surface area (TPSA) is 44.5 Å². The van der Waals surface area contributed by atoms with E-state index in [1.807, 2.05) is 0 Å². The molecule has 2 rings (SSSR count). The molecule has 0 aromatic heterocycles. The number of nitrogens with two attached hydrogens (primary N) is 1. The Morgan fingerprint density at radius 2 is 1.86 bits per heavy atom. The lowest BCUT2D eigenvalue weighted by Crippen LogP contribution is -2.36. The average molecular weight is 199 g/mol. The molecule has 1 saturated heterocycles. The first-order valence-corrected chi connectivity index (χ1v) is 5.74. The van der Waals surface area contributed by atoms with Crippen LogP contribution in [0.5, 0.6) is 0 Å². The molecule has 1 spiro atoms. The number of hydrogen-bond donors (Lipinski definition) is 1. The van der Waals surface area contributed by atoms with Crippen LogP contribution in [0.2, 0.25) is 0 Å². The lowest BCUT2D eigenvalue weighted by molar-refractivity contribution is -0.182. The van der Waals surface area contributed by atoms with Crippen molar-refractivity contribution >= 4 is 0 Å². The van der Waals surface area contributed by atoms with E-state index in [1.165, 1.54) is 12.8 Å². The van der Waals surface area contributed by atoms with Gasteiger partial charge in [-0.25, -0.2) is 0 Å². The minimum Gasteiger partial charge on any atom is -0.348 e. The van der Waals surface area contributed by atoms with Crippen molar-refractivity contribution in [3.05, 3.63) is 0 Å². The quantitative estimate of drug-likeness (QED) is 0.735. The predicted molar refractivity (Wildman–Crippen MR) is 54.9 cm³/mol. The molecule has 2 N–H and O–H groups in total. The second kappa shape index (κ2) is 4.17. The van der Waals surface area contributed by atoms with Crippen LogP contribution in [0.4, 0.5) is 0 Å². The molecular weight excluding hydrogens is 178 g/mol. The van der Waals surface area contributed by atoms with Gasteiger partial charge in [-0.05, 0) is 32.1 Å². The SMILES string of the molecule is CC(N)CC1CCC2(CC1)OCCO2. The first-order valence-electron chi connectivity index (χ1n) is 5.74. The van der Waals surface area contributed by atoms with Crippen molar-refractivity contribution in [2.75, 3.05) is 13.2 Å². The molecule has 1 atom stereocenters. The van der Waals surface area contributed by atoms with Gasteiger partial charge in [0.25, 0.3) is 0 Å². The highest BCUT2D eigenvalue weighted by atomic mass is 16.7. The van der Waals surface area contributed by atoms with Crippen LogP contribution < -0.4 is 5.73 Å². The smallest absolute Gasteiger partial charge is 0.168 e. The minimum atomic E-state index is -0.200. The molecule has 0 bridgehead atoms. The van der Waals surface area contributed by atoms with Gasteiger partial charge in [0.15, 0.2) is 5.79 Å². The Morgan fingerprint density at radius 3 is 2.36 bits per heavy atom. The second-order valence-corrected chi connectivity index (χ2v) is 4.76. The Morgan fingerprint density at radius 1 is 1.29 bits per heavy atom. The molecule has 1 saturated carbocycles. The highest BCUT2D eigenvalue weighted by molar-refractivity contribution is 4.83. The van der Waals surface area contributed by atoms with E-state index in [1.54, 1.807) is 0 Å². The summed E-state index contributed by atoms with van der Waals surface area (Å²) in [5.74, 6) is 0.586. The van der Waals surface area contributed by atoms with Gasteiger partial charge in [0.1, 0.15) is 0 Å². The van der Waals surface area contributed by atoms with Gasteiger partial charge in [0.2, 0.25) is 0 Å². The van der Waals surface area contributed by atoms with E-state index < -0.39 is 0 Å². The van der Waals surface area contributed by atoms with Gasteiger partial charge < -0.3 is 15.2 Å². The van der Waals surface area contributed by atoms with Crippen LogP contribution in [0.3, 0.4) is 0 Å². The first-order chi connectivity index (χ1) is 6.70. The fourth-order valence-corrected chi connectivity index (χ4v) is 2.66. The van der Waals surface area contributed by atoms with Crippen LogP contribution in [-0.4, -0.2) is 25.0 Å². The van der Waals surface area contributed by atoms with E-state index in [4.69, 9.17) is 15.2 Å². The van der Waals surface area contributed by atoms with Gasteiger partial charge >= 0.3 is 0 Å². The summed E-state index contributed by atoms with van der Waals surface area (Å²) >= 11 is 0. The van der Waals surface area contributed by atoms with E-state index in [0.717, 1.165) is 38.4 Å². The van der Waals surface area contributed by atoms with Crippen LogP contribution in [0.25, 0.3) is 0 Å². The summed E-state index contributed by atoms with van der Waals surface area (Å²) in [6.45, 7) is 3.64. The van der Waals surface area contributed by atoms with Crippen LogP contribution in [0, 0.1) is 5.92 Å². The molecule has 3 nitrogen and oxygen atoms in total. The minimum absolute atomic E-state index is 0.200. The molecule has 0 aromatic carbocycles. The van der Waals surface area contributed by atoms with E-state index in [0.29, 0.717) is 6.04 Å². The van der Waals surface area contributed by atoms with Crippen molar-refractivity contribution in [2.24, 2.45) is 11.7 Å². The summed E-state index contributed by atoms with van der Waals surface area (Å²) in [6.07, 6.45) is 5.69. The van der Waals surface area contributed by atoms with Crippen LogP contribution >= 0.6 is 0 Å². The summed E-state index contributed by atoms with van der Waals surface area (Å²) in [5, 5.41) is 0. The fourth-order valence-electron chi connectivity index (χ4n) is 2.66. The van der Waals surface area contributed by atoms with Crippen LogP contribution in [0.15, 0.2) is 0 Å². The highest BCUT2D eigenvalue weighted by Gasteiger charge is 2.40. The molecule has 1 aliphatic heterocycles. The average Bonchev–Trinajstić information content (AvgIpc) is 2.58. The normalized spacial score (nSPS) is 29.6. The Bertz CT molecular complexity index is 178. The van der Waals surface area contributed by atoms with Crippen molar-refractivity contribution in [1.29, 1.82) is 0 Å². The monoisotopic (exact) mass is 199 g/mol. The number of ether oxygens (including phenoxy) is 2. The maximum absolute atomic E-state index is 5.81. The van der Waals surface area contributed by atoms with Gasteiger partial charge in [0.05, 0.1) is 13.2 Å². The molecular formula is C11H21NO2. The molecule has 1 heterocycles. The Kier molecular flexibility index (Phi) is 3.10. The molecule has 14 heavy (non-hydrogen) atoms. The standard InChI is InChI=1S/C11H21NO2/c1-9(12)8-10-2-4-11(5-3-10)13-6-7-14-11/h9-10H,2-8,12H2,1H3. The fraction of sp³-hybridized carbons (Fsp3) is 1.00. The Labute approximate surface area is 85.9 Å². The van der Waals surface area contributed by atoms with Crippen molar-refractivity contribution in [2.45, 2.75) is 50.9 Å². The molecule has 3 heteroatoms. The zero-order valence-corrected chi connectivity index (χ0v) is 9.00. The van der Waals surface area contributed by atoms with E-state index >= 15 is 0 Å². The summed E-state index contributed by atoms with van der Waals surface area (Å²) < 4.78 is 11.4. The summed E-state index contributed by atoms with van der Waals surface area (Å²) in [6, 6.07) is 0.333. The van der Waals surface area contributed by atoms with Gasteiger partial charge in [0, 0.05) is 18.9 Å². The van der Waals surface area contributed by atoms with Crippen molar-refractivity contribution in [3.8, 4) is 0 Å². The highest BCUT2D eigenvalue weighted by Crippen LogP contribution is 2.39. The zero-order chi connectivity index (χ0) is 10.0. The molecule has 82 valence electrons. The van der Waals surface area contributed by atoms with Crippen LogP contribution in [-0.2, 0) is 9.47 Å². The van der Waals surface area contributed by atoms with Gasteiger partial charge in [-0.1, -0.05) is 0 Å². The third-order valence-electron chi connectivity index (χ3n) is 3.39. The molecule has 0 amide bonds. The zero-order valence-electron chi connectivity index (χ0n) is 9.00. The largest absolute Gasteiger partial charge is 0.348 e. The molecule has 0 radical (unpaired) electrons. The Balaban J connectivity index is 1.79. The molecule has 1 unspecified atom stereocenters. The van der Waals surface area contributed by atoms with Crippen molar-refractivity contribution in [1.82, 2.24) is 0 Å². The van der Waals surface area contributed by atoms with Gasteiger partial charge in [-0.3, -0.25) is 0 Å². The maximum Gasteiger partial charge on any atom is 0.168 e. The molecule has 2 aliphatic rings. The van der Waals surface area contributed by atoms with Crippen molar-refractivity contribution in [3.63, 3.8) is 0 Å². The third kappa shape index (κ3) is 2.27. The number of hydrogen-bond acceptors (Lipinski definition) is 3. The summed E-state index contributed by atoms with van der Waals surface area (Å²) in [5.41, 5.74) is 5.81. The van der Waals surface area contributed by atoms with Gasteiger partial charge in [-0.15, -0.1) is 0 Å². The van der Waals surface area contributed by atoms with Crippen LogP contribution in [0.1, 0.15) is 39.0 Å². The van der Waals surface area contributed by atoms with E-state index in [2.05, 4.69) is 6.92 Å². The first kappa shape index (κ1) is 10.4. The van der Waals surface area contributed by atoms with Gasteiger partial charge in [-0.2, -0.15) is 0 Å². The molecule has 0 aromatic rings.